The molecule has 0 spiro atoms. The Balaban J connectivity index is 1.67. The summed E-state index contributed by atoms with van der Waals surface area (Å²) in [6.45, 7) is 5.08. The molecule has 150 valence electrons. The Labute approximate surface area is 169 Å². The van der Waals surface area contributed by atoms with Gasteiger partial charge in [0.15, 0.2) is 11.5 Å². The number of ether oxygens (including phenoxy) is 3. The van der Waals surface area contributed by atoms with Crippen LogP contribution in [0.1, 0.15) is 10.4 Å². The van der Waals surface area contributed by atoms with Crippen molar-refractivity contribution in [1.29, 1.82) is 0 Å². The van der Waals surface area contributed by atoms with Crippen molar-refractivity contribution in [2.24, 2.45) is 0 Å². The van der Waals surface area contributed by atoms with E-state index in [9.17, 15) is 4.79 Å². The highest BCUT2D eigenvalue weighted by Gasteiger charge is 2.13. The first-order valence-electron chi connectivity index (χ1n) is 9.12. The van der Waals surface area contributed by atoms with Crippen molar-refractivity contribution < 1.29 is 19.0 Å². The maximum absolute atomic E-state index is 12.7. The zero-order valence-corrected chi connectivity index (χ0v) is 16.2. The number of rotatable bonds is 10. The van der Waals surface area contributed by atoms with Gasteiger partial charge in [0.1, 0.15) is 19.0 Å². The molecule has 0 bridgehead atoms. The molecule has 2 aromatic carbocycles. The van der Waals surface area contributed by atoms with Crippen LogP contribution in [0.25, 0.3) is 0 Å². The Morgan fingerprint density at radius 1 is 1.17 bits per heavy atom. The van der Waals surface area contributed by atoms with Crippen molar-refractivity contribution in [3.8, 4) is 17.2 Å². The second-order valence-corrected chi connectivity index (χ2v) is 6.06. The van der Waals surface area contributed by atoms with Crippen molar-refractivity contribution in [3.05, 3.63) is 79.4 Å². The van der Waals surface area contributed by atoms with Crippen molar-refractivity contribution in [3.63, 3.8) is 0 Å². The van der Waals surface area contributed by atoms with Gasteiger partial charge < -0.3 is 24.1 Å². The first-order chi connectivity index (χ1) is 14.2. The monoisotopic (exact) mass is 393 g/mol. The molecule has 3 aromatic rings. The van der Waals surface area contributed by atoms with Gasteiger partial charge in [-0.15, -0.1) is 0 Å². The van der Waals surface area contributed by atoms with E-state index in [2.05, 4.69) is 16.9 Å². The summed E-state index contributed by atoms with van der Waals surface area (Å²) >= 11 is 0. The van der Waals surface area contributed by atoms with E-state index in [-0.39, 0.29) is 5.91 Å². The Morgan fingerprint density at radius 2 is 2.03 bits per heavy atom. The van der Waals surface area contributed by atoms with E-state index in [1.165, 1.54) is 7.11 Å². The quantitative estimate of drug-likeness (QED) is 0.531. The summed E-state index contributed by atoms with van der Waals surface area (Å²) in [5, 5.41) is 2.89. The minimum atomic E-state index is -0.274. The molecule has 7 heteroatoms. The van der Waals surface area contributed by atoms with Gasteiger partial charge in [-0.2, -0.15) is 0 Å². The number of hydrogen-bond donors (Lipinski definition) is 1. The van der Waals surface area contributed by atoms with Crippen LogP contribution in [0.2, 0.25) is 0 Å². The normalized spacial score (nSPS) is 10.2. The maximum Gasteiger partial charge on any atom is 0.255 e. The third kappa shape index (κ3) is 5.38. The van der Waals surface area contributed by atoms with Gasteiger partial charge in [-0.05, 0) is 30.3 Å². The molecule has 0 atom stereocenters. The molecule has 0 aliphatic carbocycles. The van der Waals surface area contributed by atoms with Gasteiger partial charge in [-0.1, -0.05) is 24.8 Å². The van der Waals surface area contributed by atoms with Crippen LogP contribution < -0.4 is 19.5 Å². The van der Waals surface area contributed by atoms with Crippen LogP contribution in [0, 0.1) is 0 Å². The summed E-state index contributed by atoms with van der Waals surface area (Å²) in [4.78, 5) is 16.7. The zero-order valence-electron chi connectivity index (χ0n) is 16.2. The van der Waals surface area contributed by atoms with Gasteiger partial charge in [0.05, 0.1) is 25.7 Å². The minimum absolute atomic E-state index is 0.274. The Morgan fingerprint density at radius 3 is 2.79 bits per heavy atom. The molecule has 3 rings (SSSR count). The van der Waals surface area contributed by atoms with Gasteiger partial charge in [0.2, 0.25) is 0 Å². The number of anilines is 1. The smallest absolute Gasteiger partial charge is 0.255 e. The molecule has 0 fully saturated rings. The number of imidazole rings is 1. The largest absolute Gasteiger partial charge is 0.493 e. The molecular formula is C22H23N3O4. The molecule has 1 amide bonds. The summed E-state index contributed by atoms with van der Waals surface area (Å²) in [5.41, 5.74) is 1.04. The van der Waals surface area contributed by atoms with Crippen LogP contribution in [-0.4, -0.2) is 35.8 Å². The van der Waals surface area contributed by atoms with E-state index >= 15 is 0 Å². The van der Waals surface area contributed by atoms with Crippen LogP contribution in [0.3, 0.4) is 0 Å². The Kier molecular flexibility index (Phi) is 6.89. The fraction of sp³-hybridized carbons (Fsp3) is 0.182. The highest BCUT2D eigenvalue weighted by molar-refractivity contribution is 6.05. The Bertz CT molecular complexity index is 954. The number of methoxy groups -OCH3 is 1. The lowest BCUT2D eigenvalue weighted by Crippen LogP contribution is -2.14. The number of carbonyl (C=O) groups excluding carboxylic acids is 1. The molecule has 29 heavy (non-hydrogen) atoms. The highest BCUT2D eigenvalue weighted by atomic mass is 16.5. The summed E-state index contributed by atoms with van der Waals surface area (Å²) in [7, 11) is 1.53. The van der Waals surface area contributed by atoms with E-state index in [0.717, 1.165) is 0 Å². The molecule has 1 heterocycles. The number of nitrogens with one attached hydrogen (secondary N) is 1. The van der Waals surface area contributed by atoms with Gasteiger partial charge >= 0.3 is 0 Å². The van der Waals surface area contributed by atoms with E-state index in [0.29, 0.717) is 48.3 Å². The number of amides is 1. The van der Waals surface area contributed by atoms with Crippen LogP contribution in [-0.2, 0) is 6.54 Å². The van der Waals surface area contributed by atoms with Crippen LogP contribution in [0.4, 0.5) is 5.69 Å². The third-order valence-electron chi connectivity index (χ3n) is 4.08. The number of hydrogen-bond acceptors (Lipinski definition) is 5. The molecule has 7 nitrogen and oxygen atoms in total. The molecular weight excluding hydrogens is 370 g/mol. The second-order valence-electron chi connectivity index (χ2n) is 6.06. The van der Waals surface area contributed by atoms with Gasteiger partial charge in [-0.3, -0.25) is 4.79 Å². The molecule has 0 saturated carbocycles. The topological polar surface area (TPSA) is 74.6 Å². The average molecular weight is 393 g/mol. The van der Waals surface area contributed by atoms with Crippen molar-refractivity contribution in [2.45, 2.75) is 6.54 Å². The van der Waals surface area contributed by atoms with E-state index in [4.69, 9.17) is 14.2 Å². The van der Waals surface area contributed by atoms with E-state index < -0.39 is 0 Å². The van der Waals surface area contributed by atoms with Crippen LogP contribution in [0.15, 0.2) is 73.8 Å². The molecule has 0 radical (unpaired) electrons. The predicted octanol–water partition coefficient (Wildman–Crippen LogP) is 3.79. The first kappa shape index (κ1) is 20.0. The minimum Gasteiger partial charge on any atom is -0.493 e. The number of carbonyl (C=O) groups is 1. The van der Waals surface area contributed by atoms with Gasteiger partial charge in [0.25, 0.3) is 5.91 Å². The van der Waals surface area contributed by atoms with Crippen LogP contribution >= 0.6 is 0 Å². The molecule has 0 aliphatic rings. The lowest BCUT2D eigenvalue weighted by molar-refractivity contribution is 0.102. The van der Waals surface area contributed by atoms with Crippen LogP contribution in [0.5, 0.6) is 17.2 Å². The number of aromatic nitrogens is 2. The van der Waals surface area contributed by atoms with Gasteiger partial charge in [0, 0.05) is 18.0 Å². The molecule has 1 N–H and O–H groups in total. The SMILES string of the molecule is C=CCOc1ccc(C(=O)Nc2ccccc2OCCn2ccnc2)cc1OC. The molecule has 0 unspecified atom stereocenters. The lowest BCUT2D eigenvalue weighted by Gasteiger charge is -2.14. The van der Waals surface area contributed by atoms with E-state index in [1.54, 1.807) is 42.9 Å². The fourth-order valence-corrected chi connectivity index (χ4v) is 2.65. The number of nitrogens with zero attached hydrogens (tertiary/aromatic N) is 2. The van der Waals surface area contributed by atoms with Gasteiger partial charge in [-0.25, -0.2) is 4.98 Å². The van der Waals surface area contributed by atoms with Crippen molar-refractivity contribution >= 4 is 11.6 Å². The molecule has 0 aliphatic heterocycles. The Hall–Kier alpha value is -3.74. The lowest BCUT2D eigenvalue weighted by atomic mass is 10.1. The summed E-state index contributed by atoms with van der Waals surface area (Å²) in [6.07, 6.45) is 6.96. The van der Waals surface area contributed by atoms with Crippen molar-refractivity contribution in [1.82, 2.24) is 9.55 Å². The summed E-state index contributed by atoms with van der Waals surface area (Å²) < 4.78 is 18.6. The summed E-state index contributed by atoms with van der Waals surface area (Å²) in [5.74, 6) is 1.35. The average Bonchev–Trinajstić information content (AvgIpc) is 3.26. The zero-order chi connectivity index (χ0) is 20.5. The second kappa shape index (κ2) is 9.98. The number of para-hydroxylation sites is 2. The summed E-state index contributed by atoms with van der Waals surface area (Å²) in [6, 6.07) is 12.3. The number of benzene rings is 2. The standard InChI is InChI=1S/C22H23N3O4/c1-3-13-28-20-9-8-17(15-21(20)27-2)22(26)24-18-6-4-5-7-19(18)29-14-12-25-11-10-23-16-25/h3-11,15-16H,1,12-14H2,2H3,(H,24,26). The fourth-order valence-electron chi connectivity index (χ4n) is 2.65. The predicted molar refractivity (Wildman–Crippen MR) is 111 cm³/mol. The highest BCUT2D eigenvalue weighted by Crippen LogP contribution is 2.29. The first-order valence-corrected chi connectivity index (χ1v) is 9.12. The molecule has 1 aromatic heterocycles. The van der Waals surface area contributed by atoms with E-state index in [1.807, 2.05) is 29.0 Å². The van der Waals surface area contributed by atoms with Crippen molar-refractivity contribution in [2.75, 3.05) is 25.6 Å². The molecule has 0 saturated heterocycles. The third-order valence-corrected chi connectivity index (χ3v) is 4.08. The maximum atomic E-state index is 12.7.